The largest absolute Gasteiger partial charge is 0.480 e. The molecule has 4 aromatic rings. The summed E-state index contributed by atoms with van der Waals surface area (Å²) >= 11 is 12.1. The van der Waals surface area contributed by atoms with Gasteiger partial charge in [0.1, 0.15) is 6.54 Å². The van der Waals surface area contributed by atoms with Crippen LogP contribution in [0.5, 0.6) is 0 Å². The molecule has 1 saturated heterocycles. The van der Waals surface area contributed by atoms with Gasteiger partial charge in [-0.2, -0.15) is 0 Å². The number of nitrogens with zero attached hydrogens (tertiary/aromatic N) is 2. The van der Waals surface area contributed by atoms with Crippen LogP contribution in [0.15, 0.2) is 83.8 Å². The van der Waals surface area contributed by atoms with Crippen molar-refractivity contribution < 1.29 is 32.6 Å². The first kappa shape index (κ1) is 31.5. The van der Waals surface area contributed by atoms with Crippen molar-refractivity contribution in [3.63, 3.8) is 0 Å². The van der Waals surface area contributed by atoms with Gasteiger partial charge in [-0.1, -0.05) is 65.7 Å². The van der Waals surface area contributed by atoms with E-state index in [1.54, 1.807) is 47.4 Å². The van der Waals surface area contributed by atoms with Crippen LogP contribution in [0.1, 0.15) is 32.7 Å². The van der Waals surface area contributed by atoms with E-state index >= 15 is 0 Å². The molecular formula is C32H28Cl2N2O7S. The summed E-state index contributed by atoms with van der Waals surface area (Å²) < 4.78 is 33.5. The molecule has 4 aromatic carbocycles. The number of hydrogen-bond acceptors (Lipinski definition) is 6. The zero-order valence-corrected chi connectivity index (χ0v) is 25.7. The number of Topliss-reactive ketones (excluding diaryl/α,β-unsaturated/α-hetero) is 1. The number of carboxylic acids is 1. The predicted molar refractivity (Wildman–Crippen MR) is 168 cm³/mol. The number of morpholine rings is 1. The molecule has 12 heteroatoms. The van der Waals surface area contributed by atoms with E-state index in [0.717, 1.165) is 9.87 Å². The third kappa shape index (κ3) is 6.89. The topological polar surface area (TPSA) is 121 Å². The van der Waals surface area contributed by atoms with Crippen molar-refractivity contribution >= 4 is 67.3 Å². The van der Waals surface area contributed by atoms with Crippen LogP contribution in [0.2, 0.25) is 10.0 Å². The number of sulfonamides is 1. The summed E-state index contributed by atoms with van der Waals surface area (Å²) in [6.07, 6.45) is 0.591. The Bertz CT molecular complexity index is 1820. The molecule has 1 aliphatic heterocycles. The molecule has 9 nitrogen and oxygen atoms in total. The first-order chi connectivity index (χ1) is 21.0. The quantitative estimate of drug-likeness (QED) is 0.217. The van der Waals surface area contributed by atoms with Crippen LogP contribution in [-0.2, 0) is 26.0 Å². The molecule has 5 rings (SSSR count). The number of benzene rings is 4. The second-order valence-corrected chi connectivity index (χ2v) is 12.9. The molecule has 44 heavy (non-hydrogen) atoms. The molecular weight excluding hydrogens is 627 g/mol. The van der Waals surface area contributed by atoms with Gasteiger partial charge in [0.15, 0.2) is 5.78 Å². The van der Waals surface area contributed by atoms with Gasteiger partial charge in [0, 0.05) is 46.1 Å². The predicted octanol–water partition coefficient (Wildman–Crippen LogP) is 5.71. The van der Waals surface area contributed by atoms with Crippen LogP contribution in [0.25, 0.3) is 10.8 Å². The van der Waals surface area contributed by atoms with Gasteiger partial charge in [0.25, 0.3) is 15.9 Å². The number of halogens is 2. The number of fused-ring (bicyclic) bond motifs is 1. The second kappa shape index (κ2) is 13.4. The maximum Gasteiger partial charge on any atom is 0.324 e. The van der Waals surface area contributed by atoms with Crippen LogP contribution < -0.4 is 4.31 Å². The molecule has 0 radical (unpaired) electrons. The van der Waals surface area contributed by atoms with E-state index < -0.39 is 22.5 Å². The Labute approximate surface area is 264 Å². The Morgan fingerprint density at radius 1 is 0.864 bits per heavy atom. The lowest BCUT2D eigenvalue weighted by atomic mass is 9.96. The van der Waals surface area contributed by atoms with Crippen molar-refractivity contribution in [1.82, 2.24) is 4.90 Å². The number of ether oxygens (including phenoxy) is 1. The van der Waals surface area contributed by atoms with Gasteiger partial charge < -0.3 is 14.7 Å². The lowest BCUT2D eigenvalue weighted by molar-refractivity contribution is -0.135. The van der Waals surface area contributed by atoms with Gasteiger partial charge >= 0.3 is 5.97 Å². The highest BCUT2D eigenvalue weighted by molar-refractivity contribution is 7.93. The highest BCUT2D eigenvalue weighted by Gasteiger charge is 2.29. The van der Waals surface area contributed by atoms with E-state index in [0.29, 0.717) is 54.6 Å². The Hall–Kier alpha value is -3.96. The molecule has 228 valence electrons. The summed E-state index contributed by atoms with van der Waals surface area (Å²) in [6.45, 7) is 1.28. The third-order valence-electron chi connectivity index (χ3n) is 7.31. The molecule has 1 aliphatic rings. The Morgan fingerprint density at radius 2 is 1.50 bits per heavy atom. The van der Waals surface area contributed by atoms with Crippen molar-refractivity contribution in [2.45, 2.75) is 17.7 Å². The first-order valence-corrected chi connectivity index (χ1v) is 16.0. The van der Waals surface area contributed by atoms with Crippen LogP contribution >= 0.6 is 23.2 Å². The third-order valence-corrected chi connectivity index (χ3v) is 9.48. The van der Waals surface area contributed by atoms with Gasteiger partial charge in [-0.15, -0.1) is 0 Å². The monoisotopic (exact) mass is 654 g/mol. The number of carbonyl (C=O) groups is 3. The van der Waals surface area contributed by atoms with E-state index in [2.05, 4.69) is 0 Å². The summed E-state index contributed by atoms with van der Waals surface area (Å²) in [5.41, 5.74) is 1.93. The van der Waals surface area contributed by atoms with Crippen LogP contribution in [0, 0.1) is 0 Å². The summed E-state index contributed by atoms with van der Waals surface area (Å²) in [4.78, 5) is 39.5. The number of anilines is 1. The van der Waals surface area contributed by atoms with E-state index in [1.165, 1.54) is 24.3 Å². The molecule has 0 aromatic heterocycles. The zero-order valence-electron chi connectivity index (χ0n) is 23.4. The number of aryl methyl sites for hydroxylation is 1. The van der Waals surface area contributed by atoms with E-state index in [1.807, 2.05) is 12.1 Å². The van der Waals surface area contributed by atoms with E-state index in [-0.39, 0.29) is 38.7 Å². The number of ketones is 1. The lowest BCUT2D eigenvalue weighted by Gasteiger charge is -2.26. The molecule has 0 atom stereocenters. The molecule has 0 spiro atoms. The molecule has 0 saturated carbocycles. The van der Waals surface area contributed by atoms with Gasteiger partial charge in [0.05, 0.1) is 23.8 Å². The maximum absolute atomic E-state index is 13.7. The summed E-state index contributed by atoms with van der Waals surface area (Å²) in [7, 11) is -4.42. The van der Waals surface area contributed by atoms with Crippen molar-refractivity contribution in [1.29, 1.82) is 0 Å². The van der Waals surface area contributed by atoms with Gasteiger partial charge in [-0.05, 0) is 53.8 Å². The van der Waals surface area contributed by atoms with Crippen molar-refractivity contribution in [3.05, 3.63) is 106 Å². The van der Waals surface area contributed by atoms with Crippen molar-refractivity contribution in [3.8, 4) is 0 Å². The van der Waals surface area contributed by atoms with E-state index in [4.69, 9.17) is 27.9 Å². The molecule has 1 heterocycles. The fraction of sp³-hybridized carbons (Fsp3) is 0.219. The minimum atomic E-state index is -4.42. The SMILES string of the molecule is O=C(O)CN(c1cccc2c(C(=O)CCc3ccc(C(=O)N4CCOCC4)cc3)cccc12)S(=O)(=O)c1cc(Cl)cc(Cl)c1. The van der Waals surface area contributed by atoms with Crippen molar-refractivity contribution in [2.24, 2.45) is 0 Å². The number of aliphatic carboxylic acids is 1. The Kier molecular flexibility index (Phi) is 9.55. The van der Waals surface area contributed by atoms with Gasteiger partial charge in [0.2, 0.25) is 0 Å². The molecule has 0 aliphatic carbocycles. The molecule has 1 N–H and O–H groups in total. The number of hydrogen-bond donors (Lipinski definition) is 1. The number of carboxylic acid groups (broad SMARTS) is 1. The van der Waals surface area contributed by atoms with Crippen LogP contribution in [0.4, 0.5) is 5.69 Å². The standard InChI is InChI=1S/C32H28Cl2N2O7S/c33-23-17-24(34)19-25(18-23)44(41,42)36(20-31(38)39)29-6-2-3-26-27(29)4-1-5-28(26)30(37)12-9-21-7-10-22(11-8-21)32(40)35-13-15-43-16-14-35/h1-8,10-11,17-19H,9,12-16,20H2,(H,38,39). The molecule has 1 fully saturated rings. The number of carbonyl (C=O) groups excluding carboxylic acids is 2. The van der Waals surface area contributed by atoms with Gasteiger partial charge in [-0.25, -0.2) is 8.42 Å². The minimum absolute atomic E-state index is 0.0556. The average Bonchev–Trinajstić information content (AvgIpc) is 3.01. The average molecular weight is 656 g/mol. The molecule has 0 bridgehead atoms. The number of amides is 1. The van der Waals surface area contributed by atoms with Gasteiger partial charge in [-0.3, -0.25) is 18.7 Å². The highest BCUT2D eigenvalue weighted by Crippen LogP contribution is 2.34. The molecule has 0 unspecified atom stereocenters. The fourth-order valence-corrected chi connectivity index (χ4v) is 7.30. The second-order valence-electron chi connectivity index (χ2n) is 10.2. The van der Waals surface area contributed by atoms with Crippen molar-refractivity contribution in [2.75, 3.05) is 37.2 Å². The lowest BCUT2D eigenvalue weighted by Crippen LogP contribution is -2.40. The Balaban J connectivity index is 1.40. The number of rotatable bonds is 10. The maximum atomic E-state index is 13.7. The summed E-state index contributed by atoms with van der Waals surface area (Å²) in [6, 6.07) is 20.6. The Morgan fingerprint density at radius 3 is 2.16 bits per heavy atom. The fourth-order valence-electron chi connectivity index (χ4n) is 5.14. The first-order valence-electron chi connectivity index (χ1n) is 13.8. The van der Waals surface area contributed by atoms with Crippen LogP contribution in [0.3, 0.4) is 0 Å². The van der Waals surface area contributed by atoms with E-state index in [9.17, 15) is 27.9 Å². The molecule has 1 amide bonds. The summed E-state index contributed by atoms with van der Waals surface area (Å²) in [5.74, 6) is -1.60. The minimum Gasteiger partial charge on any atom is -0.480 e. The normalized spacial score (nSPS) is 13.5. The smallest absolute Gasteiger partial charge is 0.324 e. The highest BCUT2D eigenvalue weighted by atomic mass is 35.5. The van der Waals surface area contributed by atoms with Crippen LogP contribution in [-0.4, -0.2) is 68.9 Å². The summed E-state index contributed by atoms with van der Waals surface area (Å²) in [5, 5.41) is 10.7. The zero-order chi connectivity index (χ0) is 31.4.